The molecular formula is C10H20N2O2. The summed E-state index contributed by atoms with van der Waals surface area (Å²) in [6, 6.07) is 0.406. The lowest BCUT2D eigenvalue weighted by atomic mass is 9.96. The largest absolute Gasteiger partial charge is 0.450 e. The first-order valence-electron chi connectivity index (χ1n) is 5.26. The molecule has 0 aromatic carbocycles. The molecule has 1 saturated heterocycles. The summed E-state index contributed by atoms with van der Waals surface area (Å²) in [6.07, 6.45) is 0.950. The van der Waals surface area contributed by atoms with Crippen molar-refractivity contribution in [1.29, 1.82) is 0 Å². The van der Waals surface area contributed by atoms with Crippen LogP contribution in [0.3, 0.4) is 0 Å². The summed E-state index contributed by atoms with van der Waals surface area (Å²) in [5.41, 5.74) is 0. The maximum atomic E-state index is 11.5. The van der Waals surface area contributed by atoms with E-state index in [1.807, 2.05) is 14.0 Å². The molecule has 1 rings (SSSR count). The highest BCUT2D eigenvalue weighted by Gasteiger charge is 2.27. The van der Waals surface area contributed by atoms with Gasteiger partial charge in [0.25, 0.3) is 0 Å². The number of ether oxygens (including phenoxy) is 1. The van der Waals surface area contributed by atoms with Crippen molar-refractivity contribution in [3.05, 3.63) is 0 Å². The molecule has 0 aromatic rings. The van der Waals surface area contributed by atoms with E-state index in [0.717, 1.165) is 19.5 Å². The summed E-state index contributed by atoms with van der Waals surface area (Å²) in [5.74, 6) is 0.547. The van der Waals surface area contributed by atoms with Gasteiger partial charge in [0.15, 0.2) is 0 Å². The monoisotopic (exact) mass is 200 g/mol. The standard InChI is InChI=1S/C10H20N2O2/c1-4-14-10(13)12-6-8(2)5-9(7-12)11-3/h8-9,11H,4-7H2,1-3H3. The molecule has 82 valence electrons. The van der Waals surface area contributed by atoms with Crippen LogP contribution in [0.5, 0.6) is 0 Å². The van der Waals surface area contributed by atoms with Crippen LogP contribution in [0.2, 0.25) is 0 Å². The van der Waals surface area contributed by atoms with Crippen molar-refractivity contribution in [3.8, 4) is 0 Å². The van der Waals surface area contributed by atoms with E-state index in [-0.39, 0.29) is 6.09 Å². The average molecular weight is 200 g/mol. The van der Waals surface area contributed by atoms with Gasteiger partial charge in [0.1, 0.15) is 0 Å². The first-order chi connectivity index (χ1) is 6.67. The van der Waals surface area contributed by atoms with Crippen LogP contribution in [0.1, 0.15) is 20.3 Å². The lowest BCUT2D eigenvalue weighted by molar-refractivity contribution is 0.0824. The summed E-state index contributed by atoms with van der Waals surface area (Å²) in [6.45, 7) is 6.03. The number of nitrogens with one attached hydrogen (secondary N) is 1. The van der Waals surface area contributed by atoms with Crippen LogP contribution >= 0.6 is 0 Å². The van der Waals surface area contributed by atoms with E-state index in [1.165, 1.54) is 0 Å². The van der Waals surface area contributed by atoms with Gasteiger partial charge in [0.2, 0.25) is 0 Å². The molecule has 14 heavy (non-hydrogen) atoms. The average Bonchev–Trinajstić information content (AvgIpc) is 2.17. The molecule has 0 aromatic heterocycles. The van der Waals surface area contributed by atoms with Gasteiger partial charge in [-0.1, -0.05) is 6.92 Å². The normalized spacial score (nSPS) is 27.5. The number of amides is 1. The summed E-state index contributed by atoms with van der Waals surface area (Å²) < 4.78 is 4.98. The second-order valence-electron chi connectivity index (χ2n) is 3.93. The summed E-state index contributed by atoms with van der Waals surface area (Å²) >= 11 is 0. The lowest BCUT2D eigenvalue weighted by Gasteiger charge is -2.35. The maximum absolute atomic E-state index is 11.5. The third-order valence-corrected chi connectivity index (χ3v) is 2.59. The fraction of sp³-hybridized carbons (Fsp3) is 0.900. The molecule has 0 saturated carbocycles. The number of likely N-dealkylation sites (N-methyl/N-ethyl adjacent to an activating group) is 1. The van der Waals surface area contributed by atoms with Gasteiger partial charge in [-0.15, -0.1) is 0 Å². The molecule has 2 unspecified atom stereocenters. The van der Waals surface area contributed by atoms with Gasteiger partial charge >= 0.3 is 6.09 Å². The van der Waals surface area contributed by atoms with E-state index in [2.05, 4.69) is 12.2 Å². The smallest absolute Gasteiger partial charge is 0.409 e. The Balaban J connectivity index is 2.48. The quantitative estimate of drug-likeness (QED) is 0.725. The highest BCUT2D eigenvalue weighted by molar-refractivity contribution is 5.67. The molecule has 0 spiro atoms. The number of hydrogen-bond acceptors (Lipinski definition) is 3. The second-order valence-corrected chi connectivity index (χ2v) is 3.93. The van der Waals surface area contributed by atoms with Gasteiger partial charge in [-0.05, 0) is 26.3 Å². The van der Waals surface area contributed by atoms with E-state index in [9.17, 15) is 4.79 Å². The van der Waals surface area contributed by atoms with Gasteiger partial charge in [-0.2, -0.15) is 0 Å². The van der Waals surface area contributed by atoms with E-state index in [4.69, 9.17) is 4.74 Å². The number of carbonyl (C=O) groups is 1. The zero-order valence-corrected chi connectivity index (χ0v) is 9.25. The number of hydrogen-bond donors (Lipinski definition) is 1. The van der Waals surface area contributed by atoms with Crippen molar-refractivity contribution < 1.29 is 9.53 Å². The third-order valence-electron chi connectivity index (χ3n) is 2.59. The van der Waals surface area contributed by atoms with Crippen molar-refractivity contribution in [3.63, 3.8) is 0 Å². The Kier molecular flexibility index (Phi) is 4.20. The zero-order chi connectivity index (χ0) is 10.6. The maximum Gasteiger partial charge on any atom is 0.409 e. The van der Waals surface area contributed by atoms with Crippen LogP contribution in [0.15, 0.2) is 0 Å². The summed E-state index contributed by atoms with van der Waals surface area (Å²) in [5, 5.41) is 3.21. The van der Waals surface area contributed by atoms with E-state index in [0.29, 0.717) is 18.6 Å². The minimum atomic E-state index is -0.181. The Morgan fingerprint density at radius 3 is 2.86 bits per heavy atom. The summed E-state index contributed by atoms with van der Waals surface area (Å²) in [7, 11) is 1.94. The molecule has 1 aliphatic heterocycles. The Labute approximate surface area is 85.6 Å². The van der Waals surface area contributed by atoms with Crippen LogP contribution in [-0.4, -0.2) is 43.8 Å². The highest BCUT2D eigenvalue weighted by Crippen LogP contribution is 2.16. The molecule has 0 bridgehead atoms. The van der Waals surface area contributed by atoms with Crippen molar-refractivity contribution in [2.75, 3.05) is 26.7 Å². The molecule has 1 amide bonds. The molecule has 4 heteroatoms. The molecule has 1 aliphatic rings. The fourth-order valence-corrected chi connectivity index (χ4v) is 1.92. The van der Waals surface area contributed by atoms with Crippen molar-refractivity contribution in [1.82, 2.24) is 10.2 Å². The molecule has 0 aliphatic carbocycles. The Morgan fingerprint density at radius 1 is 1.57 bits per heavy atom. The Morgan fingerprint density at radius 2 is 2.29 bits per heavy atom. The molecule has 4 nitrogen and oxygen atoms in total. The first kappa shape index (κ1) is 11.3. The number of piperidine rings is 1. The molecule has 1 heterocycles. The SMILES string of the molecule is CCOC(=O)N1CC(C)CC(NC)C1. The van der Waals surface area contributed by atoms with Gasteiger partial charge in [0.05, 0.1) is 6.61 Å². The molecule has 1 fully saturated rings. The van der Waals surface area contributed by atoms with Crippen molar-refractivity contribution in [2.24, 2.45) is 5.92 Å². The molecule has 1 N–H and O–H groups in total. The van der Waals surface area contributed by atoms with Crippen LogP contribution in [0.4, 0.5) is 4.79 Å². The number of carbonyl (C=O) groups excluding carboxylic acids is 1. The lowest BCUT2D eigenvalue weighted by Crippen LogP contribution is -2.50. The van der Waals surface area contributed by atoms with Gasteiger partial charge < -0.3 is 15.0 Å². The topological polar surface area (TPSA) is 41.6 Å². The van der Waals surface area contributed by atoms with Gasteiger partial charge in [0, 0.05) is 19.1 Å². The minimum Gasteiger partial charge on any atom is -0.450 e. The first-order valence-corrected chi connectivity index (χ1v) is 5.26. The Bertz CT molecular complexity index is 197. The number of likely N-dealkylation sites (tertiary alicyclic amines) is 1. The van der Waals surface area contributed by atoms with Crippen LogP contribution < -0.4 is 5.32 Å². The van der Waals surface area contributed by atoms with Crippen LogP contribution in [-0.2, 0) is 4.74 Å². The molecule has 0 radical (unpaired) electrons. The van der Waals surface area contributed by atoms with Crippen LogP contribution in [0, 0.1) is 5.92 Å². The van der Waals surface area contributed by atoms with Crippen LogP contribution in [0.25, 0.3) is 0 Å². The van der Waals surface area contributed by atoms with Gasteiger partial charge in [-0.3, -0.25) is 0 Å². The number of rotatable bonds is 2. The van der Waals surface area contributed by atoms with E-state index < -0.39 is 0 Å². The number of nitrogens with zero attached hydrogens (tertiary/aromatic N) is 1. The van der Waals surface area contributed by atoms with E-state index in [1.54, 1.807) is 4.90 Å². The van der Waals surface area contributed by atoms with Gasteiger partial charge in [-0.25, -0.2) is 4.79 Å². The third kappa shape index (κ3) is 2.87. The van der Waals surface area contributed by atoms with Crippen molar-refractivity contribution in [2.45, 2.75) is 26.3 Å². The predicted octanol–water partition coefficient (Wildman–Crippen LogP) is 1.07. The summed E-state index contributed by atoms with van der Waals surface area (Å²) in [4.78, 5) is 13.3. The Hall–Kier alpha value is -0.770. The molecule has 2 atom stereocenters. The van der Waals surface area contributed by atoms with E-state index >= 15 is 0 Å². The van der Waals surface area contributed by atoms with Crippen molar-refractivity contribution >= 4 is 6.09 Å². The molecular weight excluding hydrogens is 180 g/mol. The zero-order valence-electron chi connectivity index (χ0n) is 9.25. The minimum absolute atomic E-state index is 0.181. The predicted molar refractivity (Wildman–Crippen MR) is 55.2 cm³/mol. The second kappa shape index (κ2) is 5.20. The highest BCUT2D eigenvalue weighted by atomic mass is 16.6. The fourth-order valence-electron chi connectivity index (χ4n) is 1.92.